The van der Waals surface area contributed by atoms with Crippen LogP contribution < -0.4 is 10.6 Å². The lowest BCUT2D eigenvalue weighted by atomic mass is 9.90. The van der Waals surface area contributed by atoms with Gasteiger partial charge < -0.3 is 15.1 Å². The number of rotatable bonds is 7. The molecule has 2 heterocycles. The van der Waals surface area contributed by atoms with Crippen LogP contribution >= 0.6 is 0 Å². The molecule has 2 N–H and O–H groups in total. The van der Waals surface area contributed by atoms with Crippen molar-refractivity contribution in [3.05, 3.63) is 30.5 Å². The van der Waals surface area contributed by atoms with E-state index >= 15 is 0 Å². The fourth-order valence-electron chi connectivity index (χ4n) is 3.28. The van der Waals surface area contributed by atoms with E-state index in [1.807, 2.05) is 0 Å². The number of amides is 2. The van der Waals surface area contributed by atoms with Crippen LogP contribution in [0.1, 0.15) is 54.8 Å². The molecule has 9 heteroatoms. The Bertz CT molecular complexity index is 727. The predicted octanol–water partition coefficient (Wildman–Crippen LogP) is 1.21. The quantitative estimate of drug-likeness (QED) is 0.767. The number of nitrogens with one attached hydrogen (secondary N) is 2. The van der Waals surface area contributed by atoms with Crippen molar-refractivity contribution in [3.63, 3.8) is 0 Å². The Morgan fingerprint density at radius 1 is 1.31 bits per heavy atom. The summed E-state index contributed by atoms with van der Waals surface area (Å²) in [5, 5.41) is 10.1. The predicted molar refractivity (Wildman–Crippen MR) is 92.1 cm³/mol. The maximum Gasteiger partial charge on any atom is 0.273 e. The summed E-state index contributed by atoms with van der Waals surface area (Å²) in [4.78, 5) is 32.2. The number of hydrogen-bond acceptors (Lipinski definition) is 6. The van der Waals surface area contributed by atoms with Crippen LogP contribution in [0.4, 0.5) is 0 Å². The Balaban J connectivity index is 1.40. The number of nitrogens with zero attached hydrogens (tertiary/aromatic N) is 4. The molecule has 3 rings (SSSR count). The van der Waals surface area contributed by atoms with E-state index in [1.165, 1.54) is 12.7 Å². The van der Waals surface area contributed by atoms with E-state index in [1.54, 1.807) is 17.9 Å². The van der Waals surface area contributed by atoms with Crippen LogP contribution in [-0.4, -0.2) is 43.6 Å². The standard InChI is InChI=1S/C17H24N6O3/c1-12-16(19-11-26-12)17(25)22-14-5-2-4-13(8-14)21-15(24)6-3-7-23-10-18-9-20-23/h9-11,13-14H,2-8H2,1H3,(H,21,24)(H,22,25). The molecular formula is C17H24N6O3. The van der Waals surface area contributed by atoms with E-state index in [0.29, 0.717) is 30.8 Å². The molecule has 1 aliphatic rings. The summed E-state index contributed by atoms with van der Waals surface area (Å²) < 4.78 is 6.79. The molecule has 1 saturated carbocycles. The lowest BCUT2D eigenvalue weighted by Gasteiger charge is -2.30. The number of carbonyl (C=O) groups excluding carboxylic acids is 2. The van der Waals surface area contributed by atoms with Crippen LogP contribution in [0.15, 0.2) is 23.5 Å². The lowest BCUT2D eigenvalue weighted by Crippen LogP contribution is -2.46. The zero-order chi connectivity index (χ0) is 18.4. The first-order valence-electron chi connectivity index (χ1n) is 8.94. The Kier molecular flexibility index (Phi) is 5.98. The van der Waals surface area contributed by atoms with Gasteiger partial charge in [-0.05, 0) is 39.0 Å². The summed E-state index contributed by atoms with van der Waals surface area (Å²) in [7, 11) is 0. The van der Waals surface area contributed by atoms with E-state index in [0.717, 1.165) is 25.7 Å². The monoisotopic (exact) mass is 360 g/mol. The van der Waals surface area contributed by atoms with Crippen LogP contribution in [0.25, 0.3) is 0 Å². The first-order chi connectivity index (χ1) is 12.6. The molecule has 2 aromatic rings. The van der Waals surface area contributed by atoms with Crippen LogP contribution in [0.2, 0.25) is 0 Å². The molecule has 140 valence electrons. The Hall–Kier alpha value is -2.71. The minimum Gasteiger partial charge on any atom is -0.448 e. The molecule has 0 aromatic carbocycles. The molecule has 0 saturated heterocycles. The zero-order valence-electron chi connectivity index (χ0n) is 14.9. The number of hydrogen-bond donors (Lipinski definition) is 2. The molecule has 2 unspecified atom stereocenters. The molecular weight excluding hydrogens is 336 g/mol. The molecule has 9 nitrogen and oxygen atoms in total. The fraction of sp³-hybridized carbons (Fsp3) is 0.588. The highest BCUT2D eigenvalue weighted by Gasteiger charge is 2.25. The van der Waals surface area contributed by atoms with Gasteiger partial charge in [-0.2, -0.15) is 5.10 Å². The van der Waals surface area contributed by atoms with Crippen molar-refractivity contribution in [1.82, 2.24) is 30.4 Å². The van der Waals surface area contributed by atoms with Gasteiger partial charge in [0, 0.05) is 25.0 Å². The third kappa shape index (κ3) is 4.90. The van der Waals surface area contributed by atoms with Crippen molar-refractivity contribution in [2.45, 2.75) is 64.1 Å². The van der Waals surface area contributed by atoms with E-state index < -0.39 is 0 Å². The van der Waals surface area contributed by atoms with Gasteiger partial charge in [0.15, 0.2) is 12.1 Å². The summed E-state index contributed by atoms with van der Waals surface area (Å²) >= 11 is 0. The molecule has 0 aliphatic heterocycles. The van der Waals surface area contributed by atoms with Crippen molar-refractivity contribution < 1.29 is 14.0 Å². The maximum absolute atomic E-state index is 12.2. The fourth-order valence-corrected chi connectivity index (χ4v) is 3.28. The van der Waals surface area contributed by atoms with Gasteiger partial charge in [0.25, 0.3) is 5.91 Å². The average Bonchev–Trinajstić information content (AvgIpc) is 3.26. The van der Waals surface area contributed by atoms with Crippen LogP contribution in [0.3, 0.4) is 0 Å². The zero-order valence-corrected chi connectivity index (χ0v) is 14.9. The molecule has 26 heavy (non-hydrogen) atoms. The second-order valence-corrected chi connectivity index (χ2v) is 6.62. The molecule has 2 amide bonds. The third-order valence-electron chi connectivity index (χ3n) is 4.59. The van der Waals surface area contributed by atoms with Crippen molar-refractivity contribution in [1.29, 1.82) is 0 Å². The minimum atomic E-state index is -0.221. The van der Waals surface area contributed by atoms with E-state index in [4.69, 9.17) is 4.42 Å². The van der Waals surface area contributed by atoms with Crippen LogP contribution in [0, 0.1) is 6.92 Å². The number of aryl methyl sites for hydroxylation is 2. The van der Waals surface area contributed by atoms with Gasteiger partial charge in [0.05, 0.1) is 0 Å². The molecule has 1 fully saturated rings. The molecule has 0 bridgehead atoms. The minimum absolute atomic E-state index is 0.0350. The second kappa shape index (κ2) is 8.59. The van der Waals surface area contributed by atoms with Gasteiger partial charge in [-0.1, -0.05) is 0 Å². The topological polar surface area (TPSA) is 115 Å². The summed E-state index contributed by atoms with van der Waals surface area (Å²) in [6.07, 6.45) is 9.10. The first-order valence-corrected chi connectivity index (χ1v) is 8.94. The van der Waals surface area contributed by atoms with Crippen molar-refractivity contribution in [2.24, 2.45) is 0 Å². The molecule has 1 aliphatic carbocycles. The smallest absolute Gasteiger partial charge is 0.273 e. The highest BCUT2D eigenvalue weighted by molar-refractivity contribution is 5.93. The lowest BCUT2D eigenvalue weighted by molar-refractivity contribution is -0.122. The van der Waals surface area contributed by atoms with E-state index in [2.05, 4.69) is 25.7 Å². The first kappa shape index (κ1) is 18.1. The number of carbonyl (C=O) groups is 2. The highest BCUT2D eigenvalue weighted by Crippen LogP contribution is 2.19. The third-order valence-corrected chi connectivity index (χ3v) is 4.59. The summed E-state index contributed by atoms with van der Waals surface area (Å²) in [6, 6.07) is 0.124. The summed E-state index contributed by atoms with van der Waals surface area (Å²) in [5.41, 5.74) is 0.323. The largest absolute Gasteiger partial charge is 0.448 e. The molecule has 2 atom stereocenters. The van der Waals surface area contributed by atoms with Gasteiger partial charge >= 0.3 is 0 Å². The van der Waals surface area contributed by atoms with E-state index in [9.17, 15) is 9.59 Å². The molecule has 2 aromatic heterocycles. The van der Waals surface area contributed by atoms with Gasteiger partial charge in [0.1, 0.15) is 18.4 Å². The van der Waals surface area contributed by atoms with Crippen molar-refractivity contribution >= 4 is 11.8 Å². The second-order valence-electron chi connectivity index (χ2n) is 6.62. The average molecular weight is 360 g/mol. The van der Waals surface area contributed by atoms with Gasteiger partial charge in [-0.3, -0.25) is 14.3 Å². The molecule has 0 spiro atoms. The normalized spacial score (nSPS) is 19.9. The van der Waals surface area contributed by atoms with Crippen molar-refractivity contribution in [3.8, 4) is 0 Å². The Morgan fingerprint density at radius 3 is 2.81 bits per heavy atom. The SMILES string of the molecule is Cc1ocnc1C(=O)NC1CCCC(NC(=O)CCCn2cncn2)C1. The van der Waals surface area contributed by atoms with Crippen LogP contribution in [0.5, 0.6) is 0 Å². The number of oxazole rings is 1. The number of aromatic nitrogens is 4. The summed E-state index contributed by atoms with van der Waals surface area (Å²) in [6.45, 7) is 2.39. The van der Waals surface area contributed by atoms with Crippen molar-refractivity contribution in [2.75, 3.05) is 0 Å². The summed E-state index contributed by atoms with van der Waals surface area (Å²) in [5.74, 6) is 0.325. The van der Waals surface area contributed by atoms with E-state index in [-0.39, 0.29) is 23.9 Å². The van der Waals surface area contributed by atoms with Gasteiger partial charge in [-0.15, -0.1) is 0 Å². The highest BCUT2D eigenvalue weighted by atomic mass is 16.3. The van der Waals surface area contributed by atoms with Gasteiger partial charge in [0.2, 0.25) is 5.91 Å². The van der Waals surface area contributed by atoms with Crippen LogP contribution in [-0.2, 0) is 11.3 Å². The van der Waals surface area contributed by atoms with Gasteiger partial charge in [-0.25, -0.2) is 9.97 Å². The molecule has 0 radical (unpaired) electrons. The Labute approximate surface area is 151 Å². The maximum atomic E-state index is 12.2. The Morgan fingerprint density at radius 2 is 2.12 bits per heavy atom.